The van der Waals surface area contributed by atoms with Gasteiger partial charge in [0, 0.05) is 30.1 Å². The van der Waals surface area contributed by atoms with Crippen molar-refractivity contribution in [2.45, 2.75) is 64.3 Å². The van der Waals surface area contributed by atoms with Crippen molar-refractivity contribution in [3.63, 3.8) is 0 Å². The summed E-state index contributed by atoms with van der Waals surface area (Å²) in [5.41, 5.74) is 2.21. The maximum Gasteiger partial charge on any atom is 0.223 e. The highest BCUT2D eigenvalue weighted by Gasteiger charge is 2.30. The molecular weight excluding hydrogens is 300 g/mol. The van der Waals surface area contributed by atoms with E-state index in [9.17, 15) is 4.79 Å². The molecule has 1 aliphatic carbocycles. The zero-order valence-electron chi connectivity index (χ0n) is 15.0. The molecule has 2 heterocycles. The van der Waals surface area contributed by atoms with Crippen LogP contribution in [0.3, 0.4) is 0 Å². The van der Waals surface area contributed by atoms with Gasteiger partial charge in [-0.2, -0.15) is 0 Å². The van der Waals surface area contributed by atoms with Gasteiger partial charge in [-0.25, -0.2) is 0 Å². The quantitative estimate of drug-likeness (QED) is 0.888. The van der Waals surface area contributed by atoms with Crippen molar-refractivity contribution in [2.75, 3.05) is 13.2 Å². The normalized spacial score (nSPS) is 23.4. The van der Waals surface area contributed by atoms with Crippen LogP contribution in [0.5, 0.6) is 0 Å². The molecule has 0 radical (unpaired) electrons. The Bertz CT molecular complexity index is 546. The van der Waals surface area contributed by atoms with E-state index >= 15 is 0 Å². The largest absolute Gasteiger partial charge is 0.381 e. The maximum absolute atomic E-state index is 12.3. The number of nitrogens with zero attached hydrogens (tertiary/aromatic N) is 1. The highest BCUT2D eigenvalue weighted by atomic mass is 16.5. The lowest BCUT2D eigenvalue weighted by Gasteiger charge is -2.26. The summed E-state index contributed by atoms with van der Waals surface area (Å²) in [4.78, 5) is 17.3. The van der Waals surface area contributed by atoms with Gasteiger partial charge in [0.1, 0.15) is 0 Å². The van der Waals surface area contributed by atoms with Gasteiger partial charge in [-0.05, 0) is 31.4 Å². The fourth-order valence-electron chi connectivity index (χ4n) is 3.84. The maximum atomic E-state index is 12.3. The zero-order valence-corrected chi connectivity index (χ0v) is 15.0. The van der Waals surface area contributed by atoms with E-state index in [0.29, 0.717) is 18.4 Å². The standard InChI is InChI=1S/C20H30N2O2/c1-14(2)20(23)22-19(16-11-12-24-13-16)18-10-6-9-17(21-18)15-7-4-3-5-8-15/h6,9-10,14-16,19H,3-5,7-8,11-13H2,1-2H3,(H,22,23). The molecule has 1 aliphatic heterocycles. The molecule has 132 valence electrons. The molecule has 4 heteroatoms. The Labute approximate surface area is 145 Å². The molecule has 1 saturated carbocycles. The number of pyridine rings is 1. The van der Waals surface area contributed by atoms with Crippen molar-refractivity contribution in [3.8, 4) is 0 Å². The monoisotopic (exact) mass is 330 g/mol. The van der Waals surface area contributed by atoms with Gasteiger partial charge in [-0.15, -0.1) is 0 Å². The SMILES string of the molecule is CC(C)C(=O)NC(c1cccc(C2CCCCC2)n1)C1CCOC1. The first kappa shape index (κ1) is 17.4. The van der Waals surface area contributed by atoms with Crippen LogP contribution in [-0.4, -0.2) is 24.1 Å². The Morgan fingerprint density at radius 2 is 2.00 bits per heavy atom. The Morgan fingerprint density at radius 3 is 2.67 bits per heavy atom. The molecule has 4 nitrogen and oxygen atoms in total. The summed E-state index contributed by atoms with van der Waals surface area (Å²) in [7, 11) is 0. The highest BCUT2D eigenvalue weighted by molar-refractivity contribution is 5.78. The summed E-state index contributed by atoms with van der Waals surface area (Å²) in [6, 6.07) is 6.30. The van der Waals surface area contributed by atoms with Crippen LogP contribution >= 0.6 is 0 Å². The fourth-order valence-corrected chi connectivity index (χ4v) is 3.84. The third-order valence-corrected chi connectivity index (χ3v) is 5.39. The molecular formula is C20H30N2O2. The second kappa shape index (κ2) is 8.11. The number of hydrogen-bond donors (Lipinski definition) is 1. The Hall–Kier alpha value is -1.42. The first-order chi connectivity index (χ1) is 11.6. The van der Waals surface area contributed by atoms with Crippen molar-refractivity contribution in [3.05, 3.63) is 29.6 Å². The molecule has 0 spiro atoms. The van der Waals surface area contributed by atoms with Crippen LogP contribution in [0.1, 0.15) is 75.7 Å². The average molecular weight is 330 g/mol. The van der Waals surface area contributed by atoms with Gasteiger partial charge in [-0.1, -0.05) is 39.2 Å². The topological polar surface area (TPSA) is 51.2 Å². The van der Waals surface area contributed by atoms with E-state index in [2.05, 4.69) is 23.5 Å². The molecule has 2 fully saturated rings. The van der Waals surface area contributed by atoms with E-state index in [4.69, 9.17) is 9.72 Å². The minimum Gasteiger partial charge on any atom is -0.381 e. The number of hydrogen-bond acceptors (Lipinski definition) is 3. The molecule has 3 rings (SSSR count). The first-order valence-electron chi connectivity index (χ1n) is 9.50. The summed E-state index contributed by atoms with van der Waals surface area (Å²) in [6.07, 6.45) is 7.43. The molecule has 1 aromatic rings. The molecule has 24 heavy (non-hydrogen) atoms. The lowest BCUT2D eigenvalue weighted by molar-refractivity contribution is -0.125. The number of amides is 1. The van der Waals surface area contributed by atoms with Crippen LogP contribution in [0, 0.1) is 11.8 Å². The van der Waals surface area contributed by atoms with Crippen LogP contribution in [0.25, 0.3) is 0 Å². The molecule has 0 bridgehead atoms. The Balaban J connectivity index is 1.81. The molecule has 2 aliphatic rings. The van der Waals surface area contributed by atoms with Crippen LogP contribution in [0.4, 0.5) is 0 Å². The molecule has 2 unspecified atom stereocenters. The van der Waals surface area contributed by atoms with E-state index in [0.717, 1.165) is 18.7 Å². The van der Waals surface area contributed by atoms with Gasteiger partial charge in [0.15, 0.2) is 0 Å². The van der Waals surface area contributed by atoms with Crippen LogP contribution < -0.4 is 5.32 Å². The molecule has 1 saturated heterocycles. The lowest BCUT2D eigenvalue weighted by Crippen LogP contribution is -2.36. The summed E-state index contributed by atoms with van der Waals surface area (Å²) in [5, 5.41) is 3.22. The number of rotatable bonds is 5. The van der Waals surface area contributed by atoms with Gasteiger partial charge in [0.25, 0.3) is 0 Å². The molecule has 1 aromatic heterocycles. The number of aromatic nitrogens is 1. The molecule has 1 N–H and O–H groups in total. The van der Waals surface area contributed by atoms with Crippen LogP contribution in [0.2, 0.25) is 0 Å². The zero-order chi connectivity index (χ0) is 16.9. The van der Waals surface area contributed by atoms with Crippen LogP contribution in [-0.2, 0) is 9.53 Å². The van der Waals surface area contributed by atoms with E-state index in [1.807, 2.05) is 13.8 Å². The van der Waals surface area contributed by atoms with E-state index in [1.54, 1.807) is 0 Å². The van der Waals surface area contributed by atoms with Crippen molar-refractivity contribution in [1.82, 2.24) is 10.3 Å². The predicted octanol–water partition coefficient (Wildman–Crippen LogP) is 3.98. The van der Waals surface area contributed by atoms with Crippen molar-refractivity contribution >= 4 is 5.91 Å². The summed E-state index contributed by atoms with van der Waals surface area (Å²) in [5.74, 6) is 0.981. The number of carbonyl (C=O) groups excluding carboxylic acids is 1. The number of carbonyl (C=O) groups is 1. The first-order valence-corrected chi connectivity index (χ1v) is 9.50. The van der Waals surface area contributed by atoms with Gasteiger partial charge < -0.3 is 10.1 Å². The smallest absolute Gasteiger partial charge is 0.223 e. The van der Waals surface area contributed by atoms with Crippen molar-refractivity contribution in [2.24, 2.45) is 11.8 Å². The third-order valence-electron chi connectivity index (χ3n) is 5.39. The summed E-state index contributed by atoms with van der Waals surface area (Å²) < 4.78 is 5.57. The molecule has 2 atom stereocenters. The van der Waals surface area contributed by atoms with E-state index in [-0.39, 0.29) is 17.9 Å². The van der Waals surface area contributed by atoms with Gasteiger partial charge in [0.2, 0.25) is 5.91 Å². The summed E-state index contributed by atoms with van der Waals surface area (Å²) >= 11 is 0. The predicted molar refractivity (Wildman–Crippen MR) is 94.7 cm³/mol. The fraction of sp³-hybridized carbons (Fsp3) is 0.700. The summed E-state index contributed by atoms with van der Waals surface area (Å²) in [6.45, 7) is 5.35. The Kier molecular flexibility index (Phi) is 5.88. The second-order valence-corrected chi connectivity index (χ2v) is 7.59. The minimum atomic E-state index is -0.0362. The van der Waals surface area contributed by atoms with Gasteiger partial charge in [-0.3, -0.25) is 9.78 Å². The number of nitrogens with one attached hydrogen (secondary N) is 1. The Morgan fingerprint density at radius 1 is 1.21 bits per heavy atom. The average Bonchev–Trinajstić information content (AvgIpc) is 3.14. The number of ether oxygens (including phenoxy) is 1. The van der Waals surface area contributed by atoms with Gasteiger partial charge >= 0.3 is 0 Å². The van der Waals surface area contributed by atoms with Crippen molar-refractivity contribution in [1.29, 1.82) is 0 Å². The highest BCUT2D eigenvalue weighted by Crippen LogP contribution is 2.33. The van der Waals surface area contributed by atoms with Crippen LogP contribution in [0.15, 0.2) is 18.2 Å². The lowest BCUT2D eigenvalue weighted by atomic mass is 9.86. The molecule has 0 aromatic carbocycles. The third kappa shape index (κ3) is 4.15. The minimum absolute atomic E-state index is 0.0173. The van der Waals surface area contributed by atoms with Crippen molar-refractivity contribution < 1.29 is 9.53 Å². The van der Waals surface area contributed by atoms with E-state index in [1.165, 1.54) is 37.8 Å². The second-order valence-electron chi connectivity index (χ2n) is 7.59. The van der Waals surface area contributed by atoms with Gasteiger partial charge in [0.05, 0.1) is 18.3 Å². The van der Waals surface area contributed by atoms with E-state index < -0.39 is 0 Å². The molecule has 1 amide bonds.